The van der Waals surface area contributed by atoms with E-state index in [-0.39, 0.29) is 5.84 Å². The van der Waals surface area contributed by atoms with E-state index in [1.165, 1.54) is 5.56 Å². The van der Waals surface area contributed by atoms with Crippen LogP contribution in [0.3, 0.4) is 0 Å². The van der Waals surface area contributed by atoms with E-state index in [0.29, 0.717) is 11.5 Å². The monoisotopic (exact) mass is 255 g/mol. The van der Waals surface area contributed by atoms with Crippen molar-refractivity contribution in [1.29, 1.82) is 5.41 Å². The second kappa shape index (κ2) is 5.48. The molecular weight excluding hydrogens is 238 g/mol. The average Bonchev–Trinajstić information content (AvgIpc) is 2.42. The number of nitrogens with two attached hydrogens (primary N) is 1. The number of rotatable bonds is 4. The second-order valence-electron chi connectivity index (χ2n) is 4.22. The molecule has 0 saturated heterocycles. The number of hydrogen-bond acceptors (Lipinski definition) is 4. The van der Waals surface area contributed by atoms with Crippen molar-refractivity contribution >= 4 is 17.3 Å². The SMILES string of the molecule is CCN(c1ccc(C)cc1)c1nccnc1C(=N)N. The molecule has 19 heavy (non-hydrogen) atoms. The first-order valence-electron chi connectivity index (χ1n) is 6.13. The van der Waals surface area contributed by atoms with Crippen molar-refractivity contribution in [1.82, 2.24) is 9.97 Å². The number of amidine groups is 1. The molecule has 5 nitrogen and oxygen atoms in total. The molecule has 1 aromatic carbocycles. The minimum Gasteiger partial charge on any atom is -0.382 e. The first kappa shape index (κ1) is 13.0. The second-order valence-corrected chi connectivity index (χ2v) is 4.22. The van der Waals surface area contributed by atoms with Gasteiger partial charge in [0.2, 0.25) is 0 Å². The first-order valence-corrected chi connectivity index (χ1v) is 6.13. The molecule has 98 valence electrons. The Balaban J connectivity index is 2.48. The Morgan fingerprint density at radius 2 is 1.84 bits per heavy atom. The molecule has 0 aliphatic rings. The van der Waals surface area contributed by atoms with Gasteiger partial charge in [-0.2, -0.15) is 0 Å². The zero-order valence-electron chi connectivity index (χ0n) is 11.1. The minimum atomic E-state index is -0.0753. The Morgan fingerprint density at radius 1 is 1.21 bits per heavy atom. The van der Waals surface area contributed by atoms with E-state index in [9.17, 15) is 0 Å². The summed E-state index contributed by atoms with van der Waals surface area (Å²) < 4.78 is 0. The lowest BCUT2D eigenvalue weighted by molar-refractivity contribution is 0.968. The summed E-state index contributed by atoms with van der Waals surface area (Å²) in [6, 6.07) is 8.14. The van der Waals surface area contributed by atoms with Gasteiger partial charge in [0, 0.05) is 24.6 Å². The summed E-state index contributed by atoms with van der Waals surface area (Å²) in [5.74, 6) is 0.537. The van der Waals surface area contributed by atoms with Crippen LogP contribution in [0.1, 0.15) is 18.2 Å². The predicted octanol–water partition coefficient (Wildman–Crippen LogP) is 2.23. The summed E-state index contributed by atoms with van der Waals surface area (Å²) in [5, 5.41) is 7.59. The van der Waals surface area contributed by atoms with Crippen molar-refractivity contribution in [3.05, 3.63) is 47.9 Å². The molecule has 0 bridgehead atoms. The summed E-state index contributed by atoms with van der Waals surface area (Å²) in [5.41, 5.74) is 8.18. The van der Waals surface area contributed by atoms with Crippen molar-refractivity contribution in [3.63, 3.8) is 0 Å². The number of anilines is 2. The van der Waals surface area contributed by atoms with E-state index in [2.05, 4.69) is 9.97 Å². The zero-order chi connectivity index (χ0) is 13.8. The number of hydrogen-bond donors (Lipinski definition) is 2. The molecule has 0 aliphatic carbocycles. The van der Waals surface area contributed by atoms with Crippen LogP contribution in [0.5, 0.6) is 0 Å². The highest BCUT2D eigenvalue weighted by Gasteiger charge is 2.15. The van der Waals surface area contributed by atoms with E-state index in [1.54, 1.807) is 12.4 Å². The number of nitrogens with one attached hydrogen (secondary N) is 1. The van der Waals surface area contributed by atoms with Crippen LogP contribution >= 0.6 is 0 Å². The van der Waals surface area contributed by atoms with Crippen molar-refractivity contribution in [2.24, 2.45) is 5.73 Å². The van der Waals surface area contributed by atoms with Crippen LogP contribution < -0.4 is 10.6 Å². The van der Waals surface area contributed by atoms with Crippen molar-refractivity contribution < 1.29 is 0 Å². The van der Waals surface area contributed by atoms with Crippen molar-refractivity contribution in [2.45, 2.75) is 13.8 Å². The highest BCUT2D eigenvalue weighted by Crippen LogP contribution is 2.25. The van der Waals surface area contributed by atoms with E-state index < -0.39 is 0 Å². The van der Waals surface area contributed by atoms with Gasteiger partial charge in [0.25, 0.3) is 0 Å². The van der Waals surface area contributed by atoms with Gasteiger partial charge in [-0.1, -0.05) is 17.7 Å². The standard InChI is InChI=1S/C14H17N5/c1-3-19(11-6-4-10(2)5-7-11)14-12(13(15)16)17-8-9-18-14/h4-9H,3H2,1-2H3,(H3,15,16). The van der Waals surface area contributed by atoms with Crippen LogP contribution in [0.25, 0.3) is 0 Å². The lowest BCUT2D eigenvalue weighted by Gasteiger charge is -2.23. The third-order valence-corrected chi connectivity index (χ3v) is 2.85. The Hall–Kier alpha value is -2.43. The number of nitrogens with zero attached hydrogens (tertiary/aromatic N) is 3. The Kier molecular flexibility index (Phi) is 3.75. The Morgan fingerprint density at radius 3 is 2.42 bits per heavy atom. The highest BCUT2D eigenvalue weighted by atomic mass is 15.2. The number of aryl methyl sites for hydroxylation is 1. The van der Waals surface area contributed by atoms with Crippen LogP contribution in [0.15, 0.2) is 36.7 Å². The normalized spacial score (nSPS) is 10.2. The van der Waals surface area contributed by atoms with E-state index in [4.69, 9.17) is 11.1 Å². The van der Waals surface area contributed by atoms with Crippen LogP contribution in [0.2, 0.25) is 0 Å². The molecular formula is C14H17N5. The largest absolute Gasteiger partial charge is 0.382 e. The van der Waals surface area contributed by atoms with Gasteiger partial charge in [0.05, 0.1) is 0 Å². The van der Waals surface area contributed by atoms with Gasteiger partial charge < -0.3 is 10.6 Å². The molecule has 0 fully saturated rings. The quantitative estimate of drug-likeness (QED) is 0.648. The van der Waals surface area contributed by atoms with Gasteiger partial charge in [0.1, 0.15) is 11.5 Å². The van der Waals surface area contributed by atoms with E-state index in [0.717, 1.165) is 12.2 Å². The zero-order valence-corrected chi connectivity index (χ0v) is 11.1. The number of nitrogen functional groups attached to an aromatic ring is 1. The van der Waals surface area contributed by atoms with Crippen LogP contribution in [-0.4, -0.2) is 22.3 Å². The van der Waals surface area contributed by atoms with E-state index in [1.807, 2.05) is 43.0 Å². The first-order chi connectivity index (χ1) is 9.13. The fourth-order valence-corrected chi connectivity index (χ4v) is 1.90. The molecule has 0 aliphatic heterocycles. The smallest absolute Gasteiger partial charge is 0.162 e. The average molecular weight is 255 g/mol. The predicted molar refractivity (Wildman–Crippen MR) is 76.9 cm³/mol. The van der Waals surface area contributed by atoms with Gasteiger partial charge in [-0.15, -0.1) is 0 Å². The topological polar surface area (TPSA) is 78.9 Å². The maximum Gasteiger partial charge on any atom is 0.162 e. The van der Waals surface area contributed by atoms with Crippen LogP contribution in [0.4, 0.5) is 11.5 Å². The highest BCUT2D eigenvalue weighted by molar-refractivity contribution is 5.98. The maximum atomic E-state index is 7.59. The lowest BCUT2D eigenvalue weighted by atomic mass is 10.2. The Labute approximate surface area is 112 Å². The number of aromatic nitrogens is 2. The molecule has 5 heteroatoms. The molecule has 0 amide bonds. The fourth-order valence-electron chi connectivity index (χ4n) is 1.90. The molecule has 0 radical (unpaired) electrons. The summed E-state index contributed by atoms with van der Waals surface area (Å²) >= 11 is 0. The molecule has 1 heterocycles. The maximum absolute atomic E-state index is 7.59. The minimum absolute atomic E-state index is 0.0753. The molecule has 2 aromatic rings. The molecule has 0 unspecified atom stereocenters. The summed E-state index contributed by atoms with van der Waals surface area (Å²) in [6.07, 6.45) is 3.15. The van der Waals surface area contributed by atoms with Gasteiger partial charge in [-0.05, 0) is 26.0 Å². The van der Waals surface area contributed by atoms with Gasteiger partial charge >= 0.3 is 0 Å². The van der Waals surface area contributed by atoms with Crippen molar-refractivity contribution in [2.75, 3.05) is 11.4 Å². The molecule has 3 N–H and O–H groups in total. The van der Waals surface area contributed by atoms with Crippen LogP contribution in [0, 0.1) is 12.3 Å². The molecule has 2 rings (SSSR count). The van der Waals surface area contributed by atoms with Gasteiger partial charge in [-0.3, -0.25) is 5.41 Å². The summed E-state index contributed by atoms with van der Waals surface area (Å²) in [7, 11) is 0. The molecule has 1 aromatic heterocycles. The molecule has 0 spiro atoms. The molecule has 0 saturated carbocycles. The van der Waals surface area contributed by atoms with E-state index >= 15 is 0 Å². The fraction of sp³-hybridized carbons (Fsp3) is 0.214. The molecule has 0 atom stereocenters. The number of benzene rings is 1. The lowest BCUT2D eigenvalue weighted by Crippen LogP contribution is -2.24. The third kappa shape index (κ3) is 2.70. The van der Waals surface area contributed by atoms with Crippen molar-refractivity contribution in [3.8, 4) is 0 Å². The van der Waals surface area contributed by atoms with Gasteiger partial charge in [0.15, 0.2) is 5.82 Å². The Bertz CT molecular complexity index is 577. The summed E-state index contributed by atoms with van der Waals surface area (Å²) in [6.45, 7) is 4.80. The van der Waals surface area contributed by atoms with Crippen LogP contribution in [-0.2, 0) is 0 Å². The third-order valence-electron chi connectivity index (χ3n) is 2.85. The van der Waals surface area contributed by atoms with Gasteiger partial charge in [-0.25, -0.2) is 9.97 Å². The summed E-state index contributed by atoms with van der Waals surface area (Å²) in [4.78, 5) is 10.4.